The van der Waals surface area contributed by atoms with Crippen molar-refractivity contribution in [3.05, 3.63) is 29.6 Å². The third-order valence-electron chi connectivity index (χ3n) is 3.17. The zero-order valence-electron chi connectivity index (χ0n) is 9.74. The molecule has 1 saturated heterocycles. The Bertz CT molecular complexity index is 507. The second kappa shape index (κ2) is 4.74. The molecule has 1 heterocycles. The molecule has 0 unspecified atom stereocenters. The number of nitrogens with one attached hydrogen (secondary N) is 1. The Labute approximate surface area is 101 Å². The first-order chi connectivity index (χ1) is 7.98. The van der Waals surface area contributed by atoms with E-state index in [-0.39, 0.29) is 4.90 Å². The number of sulfone groups is 1. The van der Waals surface area contributed by atoms with Crippen molar-refractivity contribution in [2.75, 3.05) is 19.3 Å². The molecular weight excluding hydrogens is 241 g/mol. The standard InChI is InChI=1S/C12H16FNO2S/c1-17(15,16)12-3-2-10(8-11(12)13)9-4-6-14-7-5-9/h2-3,8-9,14H,4-7H2,1H3. The molecule has 3 nitrogen and oxygen atoms in total. The normalized spacial score (nSPS) is 18.2. The fourth-order valence-electron chi connectivity index (χ4n) is 2.23. The Balaban J connectivity index is 2.30. The van der Waals surface area contributed by atoms with Crippen LogP contribution < -0.4 is 5.32 Å². The van der Waals surface area contributed by atoms with Crippen LogP contribution in [0, 0.1) is 5.82 Å². The van der Waals surface area contributed by atoms with Gasteiger partial charge in [-0.3, -0.25) is 0 Å². The fourth-order valence-corrected chi connectivity index (χ4v) is 2.96. The molecule has 0 bridgehead atoms. The topological polar surface area (TPSA) is 46.2 Å². The van der Waals surface area contributed by atoms with Crippen molar-refractivity contribution >= 4 is 9.84 Å². The van der Waals surface area contributed by atoms with Crippen molar-refractivity contribution in [2.45, 2.75) is 23.7 Å². The van der Waals surface area contributed by atoms with E-state index in [1.165, 1.54) is 12.1 Å². The third kappa shape index (κ3) is 2.84. The largest absolute Gasteiger partial charge is 0.317 e. The van der Waals surface area contributed by atoms with Crippen molar-refractivity contribution in [1.82, 2.24) is 5.32 Å². The van der Waals surface area contributed by atoms with Crippen LogP contribution in [0.15, 0.2) is 23.1 Å². The third-order valence-corrected chi connectivity index (χ3v) is 4.30. The first kappa shape index (κ1) is 12.5. The summed E-state index contributed by atoms with van der Waals surface area (Å²) in [5, 5.41) is 3.25. The summed E-state index contributed by atoms with van der Waals surface area (Å²) in [6.07, 6.45) is 2.96. The van der Waals surface area contributed by atoms with E-state index < -0.39 is 15.7 Å². The monoisotopic (exact) mass is 257 g/mol. The van der Waals surface area contributed by atoms with Gasteiger partial charge < -0.3 is 5.32 Å². The number of piperidine rings is 1. The molecule has 1 N–H and O–H groups in total. The molecule has 1 aliphatic rings. The quantitative estimate of drug-likeness (QED) is 0.877. The first-order valence-corrected chi connectivity index (χ1v) is 7.58. The maximum absolute atomic E-state index is 13.7. The van der Waals surface area contributed by atoms with E-state index >= 15 is 0 Å². The van der Waals surface area contributed by atoms with Gasteiger partial charge in [0.05, 0.1) is 0 Å². The predicted molar refractivity (Wildman–Crippen MR) is 64.4 cm³/mol. The number of halogens is 1. The fraction of sp³-hybridized carbons (Fsp3) is 0.500. The molecule has 0 saturated carbocycles. The lowest BCUT2D eigenvalue weighted by molar-refractivity contribution is 0.457. The zero-order chi connectivity index (χ0) is 12.5. The van der Waals surface area contributed by atoms with Crippen LogP contribution in [0.25, 0.3) is 0 Å². The number of hydrogen-bond acceptors (Lipinski definition) is 3. The van der Waals surface area contributed by atoms with E-state index in [2.05, 4.69) is 5.32 Å². The van der Waals surface area contributed by atoms with Crippen molar-refractivity contribution in [1.29, 1.82) is 0 Å². The van der Waals surface area contributed by atoms with Gasteiger partial charge in [0.25, 0.3) is 0 Å². The van der Waals surface area contributed by atoms with E-state index in [0.717, 1.165) is 37.8 Å². The second-order valence-corrected chi connectivity index (χ2v) is 6.47. The van der Waals surface area contributed by atoms with Gasteiger partial charge in [-0.25, -0.2) is 12.8 Å². The first-order valence-electron chi connectivity index (χ1n) is 5.69. The number of benzene rings is 1. The summed E-state index contributed by atoms with van der Waals surface area (Å²) in [5.41, 5.74) is 0.899. The molecule has 0 radical (unpaired) electrons. The van der Waals surface area contributed by atoms with Crippen LogP contribution >= 0.6 is 0 Å². The lowest BCUT2D eigenvalue weighted by atomic mass is 9.90. The van der Waals surface area contributed by atoms with E-state index in [1.54, 1.807) is 6.07 Å². The molecule has 1 aromatic rings. The van der Waals surface area contributed by atoms with Gasteiger partial charge in [0.15, 0.2) is 9.84 Å². The van der Waals surface area contributed by atoms with Crippen LogP contribution in [-0.2, 0) is 9.84 Å². The lowest BCUT2D eigenvalue weighted by Crippen LogP contribution is -2.26. The van der Waals surface area contributed by atoms with Gasteiger partial charge in [-0.1, -0.05) is 6.07 Å². The van der Waals surface area contributed by atoms with Gasteiger partial charge >= 0.3 is 0 Å². The van der Waals surface area contributed by atoms with Gasteiger partial charge in [0, 0.05) is 6.26 Å². The van der Waals surface area contributed by atoms with Crippen molar-refractivity contribution in [3.8, 4) is 0 Å². The smallest absolute Gasteiger partial charge is 0.178 e. The maximum atomic E-state index is 13.7. The summed E-state index contributed by atoms with van der Waals surface area (Å²) in [4.78, 5) is -0.213. The molecular formula is C12H16FNO2S. The summed E-state index contributed by atoms with van der Waals surface area (Å²) in [7, 11) is -3.47. The highest BCUT2D eigenvalue weighted by Crippen LogP contribution is 2.27. The van der Waals surface area contributed by atoms with Crippen molar-refractivity contribution in [2.24, 2.45) is 0 Å². The highest BCUT2D eigenvalue weighted by Gasteiger charge is 2.19. The molecule has 1 fully saturated rings. The SMILES string of the molecule is CS(=O)(=O)c1ccc(C2CCNCC2)cc1F. The van der Waals surface area contributed by atoms with Crippen LogP contribution in [0.4, 0.5) is 4.39 Å². The molecule has 0 spiro atoms. The number of rotatable bonds is 2. The Hall–Kier alpha value is -0.940. The minimum atomic E-state index is -3.47. The molecule has 5 heteroatoms. The predicted octanol–water partition coefficient (Wildman–Crippen LogP) is 1.70. The van der Waals surface area contributed by atoms with Crippen LogP contribution in [0.3, 0.4) is 0 Å². The minimum absolute atomic E-state index is 0.213. The van der Waals surface area contributed by atoms with Crippen LogP contribution in [0.5, 0.6) is 0 Å². The van der Waals surface area contributed by atoms with E-state index in [4.69, 9.17) is 0 Å². The van der Waals surface area contributed by atoms with Crippen LogP contribution in [0.1, 0.15) is 24.3 Å². The van der Waals surface area contributed by atoms with E-state index in [0.29, 0.717) is 5.92 Å². The van der Waals surface area contributed by atoms with Gasteiger partial charge in [0.2, 0.25) is 0 Å². The van der Waals surface area contributed by atoms with Crippen molar-refractivity contribution in [3.63, 3.8) is 0 Å². The Morgan fingerprint density at radius 2 is 1.94 bits per heavy atom. The molecule has 0 atom stereocenters. The van der Waals surface area contributed by atoms with Gasteiger partial charge in [0.1, 0.15) is 10.7 Å². The molecule has 2 rings (SSSR count). The summed E-state index contributed by atoms with van der Waals surface area (Å²) < 4.78 is 36.3. The lowest BCUT2D eigenvalue weighted by Gasteiger charge is -2.23. The van der Waals surface area contributed by atoms with Crippen LogP contribution in [0.2, 0.25) is 0 Å². The van der Waals surface area contributed by atoms with E-state index in [1.807, 2.05) is 0 Å². The summed E-state index contributed by atoms with van der Waals surface area (Å²) in [5.74, 6) is -0.303. The molecule has 0 amide bonds. The maximum Gasteiger partial charge on any atom is 0.178 e. The Kier molecular flexibility index (Phi) is 3.49. The highest BCUT2D eigenvalue weighted by atomic mass is 32.2. The average Bonchev–Trinajstić information content (AvgIpc) is 2.28. The van der Waals surface area contributed by atoms with Gasteiger partial charge in [-0.2, -0.15) is 0 Å². The Morgan fingerprint density at radius 1 is 1.29 bits per heavy atom. The molecule has 94 valence electrons. The molecule has 17 heavy (non-hydrogen) atoms. The summed E-state index contributed by atoms with van der Waals surface area (Å²) in [6, 6.07) is 4.48. The molecule has 0 aliphatic carbocycles. The highest BCUT2D eigenvalue weighted by molar-refractivity contribution is 7.90. The average molecular weight is 257 g/mol. The molecule has 1 aromatic carbocycles. The van der Waals surface area contributed by atoms with Gasteiger partial charge in [-0.15, -0.1) is 0 Å². The summed E-state index contributed by atoms with van der Waals surface area (Å²) in [6.45, 7) is 1.86. The molecule has 1 aliphatic heterocycles. The Morgan fingerprint density at radius 3 is 2.47 bits per heavy atom. The van der Waals surface area contributed by atoms with E-state index in [9.17, 15) is 12.8 Å². The summed E-state index contributed by atoms with van der Waals surface area (Å²) >= 11 is 0. The number of hydrogen-bond donors (Lipinski definition) is 1. The minimum Gasteiger partial charge on any atom is -0.317 e. The molecule has 0 aromatic heterocycles. The van der Waals surface area contributed by atoms with Crippen LogP contribution in [-0.4, -0.2) is 27.8 Å². The van der Waals surface area contributed by atoms with Crippen molar-refractivity contribution < 1.29 is 12.8 Å². The van der Waals surface area contributed by atoms with Gasteiger partial charge in [-0.05, 0) is 49.5 Å². The zero-order valence-corrected chi connectivity index (χ0v) is 10.6. The second-order valence-electron chi connectivity index (χ2n) is 4.49.